The molecule has 26 heavy (non-hydrogen) atoms. The number of benzene rings is 1. The van der Waals surface area contributed by atoms with Crippen LogP contribution in [0.15, 0.2) is 48.6 Å². The minimum absolute atomic E-state index is 0.0814. The molecule has 2 aliphatic carbocycles. The largest absolute Gasteiger partial charge is 0.523 e. The zero-order valence-electron chi connectivity index (χ0n) is 15.3. The number of alkyl halides is 3. The summed E-state index contributed by atoms with van der Waals surface area (Å²) >= 11 is 0. The molecule has 2 aliphatic rings. The standard InChI is InChI=1S/C22H27F3O/c1-2-6-17-9-11-20(12-10-17)21(26-22(23,24)25)15-13-19(14-16-21)18-7-4-3-5-8-18/h3-5,7-8,13-15,17,20H,2,6,9-12,16H2,1H3. The van der Waals surface area contributed by atoms with E-state index in [-0.39, 0.29) is 12.3 Å². The summed E-state index contributed by atoms with van der Waals surface area (Å²) in [5.74, 6) is 0.573. The number of rotatable bonds is 5. The van der Waals surface area contributed by atoms with Crippen LogP contribution >= 0.6 is 0 Å². The van der Waals surface area contributed by atoms with Gasteiger partial charge in [-0.05, 0) is 42.2 Å². The molecule has 1 aromatic rings. The van der Waals surface area contributed by atoms with E-state index in [2.05, 4.69) is 6.92 Å². The average molecular weight is 364 g/mol. The van der Waals surface area contributed by atoms with Crippen molar-refractivity contribution in [3.8, 4) is 0 Å². The Balaban J connectivity index is 1.77. The van der Waals surface area contributed by atoms with Crippen LogP contribution < -0.4 is 0 Å². The van der Waals surface area contributed by atoms with Crippen LogP contribution in [0.3, 0.4) is 0 Å². The Morgan fingerprint density at radius 1 is 1.08 bits per heavy atom. The number of hydrogen-bond donors (Lipinski definition) is 0. The quantitative estimate of drug-likeness (QED) is 0.551. The van der Waals surface area contributed by atoms with E-state index in [1.807, 2.05) is 42.5 Å². The maximum Gasteiger partial charge on any atom is 0.523 e. The summed E-state index contributed by atoms with van der Waals surface area (Å²) in [4.78, 5) is 0. The second-order valence-electron chi connectivity index (χ2n) is 7.57. The van der Waals surface area contributed by atoms with Crippen LogP contribution in [0.25, 0.3) is 5.57 Å². The Bertz CT molecular complexity index is 639. The normalized spacial score (nSPS) is 29.5. The smallest absolute Gasteiger partial charge is 0.280 e. The van der Waals surface area contributed by atoms with Gasteiger partial charge in [-0.2, -0.15) is 0 Å². The molecule has 0 saturated heterocycles. The summed E-state index contributed by atoms with van der Waals surface area (Å²) < 4.78 is 44.3. The molecule has 0 aliphatic heterocycles. The highest BCUT2D eigenvalue weighted by Gasteiger charge is 2.47. The SMILES string of the molecule is CCCC1CCC(C2(OC(F)(F)F)C=CC(c3ccccc3)=CC2)CC1. The summed E-state index contributed by atoms with van der Waals surface area (Å²) in [6, 6.07) is 9.76. The maximum atomic E-state index is 13.2. The monoisotopic (exact) mass is 364 g/mol. The van der Waals surface area contributed by atoms with Crippen molar-refractivity contribution in [3.05, 3.63) is 54.1 Å². The summed E-state index contributed by atoms with van der Waals surface area (Å²) in [6.45, 7) is 2.17. The Morgan fingerprint density at radius 2 is 1.77 bits per heavy atom. The van der Waals surface area contributed by atoms with Gasteiger partial charge in [-0.15, -0.1) is 13.2 Å². The highest BCUT2D eigenvalue weighted by molar-refractivity contribution is 5.75. The fourth-order valence-electron chi connectivity index (χ4n) is 4.51. The van der Waals surface area contributed by atoms with E-state index in [0.717, 1.165) is 43.2 Å². The summed E-state index contributed by atoms with van der Waals surface area (Å²) in [5, 5.41) is 0. The lowest BCUT2D eigenvalue weighted by atomic mass is 9.69. The van der Waals surface area contributed by atoms with Gasteiger partial charge in [0, 0.05) is 0 Å². The van der Waals surface area contributed by atoms with E-state index in [4.69, 9.17) is 4.74 Å². The van der Waals surface area contributed by atoms with Crippen LogP contribution in [0.1, 0.15) is 57.4 Å². The van der Waals surface area contributed by atoms with Gasteiger partial charge in [-0.1, -0.05) is 81.2 Å². The van der Waals surface area contributed by atoms with Crippen molar-refractivity contribution in [2.75, 3.05) is 0 Å². The third kappa shape index (κ3) is 4.59. The van der Waals surface area contributed by atoms with Gasteiger partial charge in [0.05, 0.1) is 0 Å². The lowest BCUT2D eigenvalue weighted by Gasteiger charge is -2.43. The van der Waals surface area contributed by atoms with Crippen LogP contribution in [0.5, 0.6) is 0 Å². The van der Waals surface area contributed by atoms with Gasteiger partial charge in [0.2, 0.25) is 0 Å². The van der Waals surface area contributed by atoms with Crippen molar-refractivity contribution in [2.24, 2.45) is 11.8 Å². The zero-order chi connectivity index (χ0) is 18.6. The van der Waals surface area contributed by atoms with Gasteiger partial charge in [0.1, 0.15) is 5.60 Å². The summed E-state index contributed by atoms with van der Waals surface area (Å²) in [7, 11) is 0. The second-order valence-corrected chi connectivity index (χ2v) is 7.57. The van der Waals surface area contributed by atoms with Crippen LogP contribution in [-0.2, 0) is 4.74 Å². The molecule has 1 aromatic carbocycles. The van der Waals surface area contributed by atoms with E-state index < -0.39 is 12.0 Å². The third-order valence-corrected chi connectivity index (χ3v) is 5.83. The van der Waals surface area contributed by atoms with Crippen molar-refractivity contribution < 1.29 is 17.9 Å². The number of allylic oxidation sites excluding steroid dienone is 2. The molecule has 1 atom stereocenters. The first-order valence-corrected chi connectivity index (χ1v) is 9.63. The van der Waals surface area contributed by atoms with Crippen molar-refractivity contribution in [1.29, 1.82) is 0 Å². The Morgan fingerprint density at radius 3 is 2.31 bits per heavy atom. The molecule has 0 amide bonds. The van der Waals surface area contributed by atoms with Gasteiger partial charge in [0.15, 0.2) is 0 Å². The average Bonchev–Trinajstić information content (AvgIpc) is 2.62. The summed E-state index contributed by atoms with van der Waals surface area (Å²) in [6.07, 6.45) is 6.97. The predicted molar refractivity (Wildman–Crippen MR) is 98.4 cm³/mol. The lowest BCUT2D eigenvalue weighted by molar-refractivity contribution is -0.366. The summed E-state index contributed by atoms with van der Waals surface area (Å²) in [5.41, 5.74) is 0.732. The number of halogens is 3. The first kappa shape index (κ1) is 19.2. The van der Waals surface area contributed by atoms with Gasteiger partial charge >= 0.3 is 6.36 Å². The van der Waals surface area contributed by atoms with Crippen molar-refractivity contribution in [1.82, 2.24) is 0 Å². The molecule has 1 fully saturated rings. The van der Waals surface area contributed by atoms with Crippen molar-refractivity contribution in [3.63, 3.8) is 0 Å². The Labute approximate surface area is 153 Å². The van der Waals surface area contributed by atoms with E-state index in [9.17, 15) is 13.2 Å². The minimum atomic E-state index is -4.62. The van der Waals surface area contributed by atoms with Crippen LogP contribution in [0.2, 0.25) is 0 Å². The molecule has 142 valence electrons. The molecule has 0 radical (unpaired) electrons. The number of hydrogen-bond acceptors (Lipinski definition) is 1. The van der Waals surface area contributed by atoms with E-state index in [1.165, 1.54) is 6.42 Å². The zero-order valence-corrected chi connectivity index (χ0v) is 15.3. The number of ether oxygens (including phenoxy) is 1. The van der Waals surface area contributed by atoms with Gasteiger partial charge in [-0.3, -0.25) is 4.74 Å². The molecule has 1 saturated carbocycles. The maximum absolute atomic E-state index is 13.2. The predicted octanol–water partition coefficient (Wildman–Crippen LogP) is 6.91. The highest BCUT2D eigenvalue weighted by atomic mass is 19.4. The second kappa shape index (κ2) is 7.99. The molecule has 3 rings (SSSR count). The molecule has 0 N–H and O–H groups in total. The van der Waals surface area contributed by atoms with Crippen LogP contribution in [-0.4, -0.2) is 12.0 Å². The van der Waals surface area contributed by atoms with E-state index in [0.29, 0.717) is 5.92 Å². The Hall–Kier alpha value is -1.55. The van der Waals surface area contributed by atoms with E-state index >= 15 is 0 Å². The minimum Gasteiger partial charge on any atom is -0.280 e. The van der Waals surface area contributed by atoms with Gasteiger partial charge in [-0.25, -0.2) is 0 Å². The van der Waals surface area contributed by atoms with Crippen molar-refractivity contribution >= 4 is 5.57 Å². The molecule has 1 nitrogen and oxygen atoms in total. The van der Waals surface area contributed by atoms with Crippen LogP contribution in [0.4, 0.5) is 13.2 Å². The molecule has 1 unspecified atom stereocenters. The fourth-order valence-corrected chi connectivity index (χ4v) is 4.51. The third-order valence-electron chi connectivity index (χ3n) is 5.83. The molecular formula is C22H27F3O. The highest BCUT2D eigenvalue weighted by Crippen LogP contribution is 2.46. The first-order chi connectivity index (χ1) is 12.4. The van der Waals surface area contributed by atoms with Gasteiger partial charge in [0.25, 0.3) is 0 Å². The van der Waals surface area contributed by atoms with Crippen molar-refractivity contribution in [2.45, 2.75) is 63.8 Å². The van der Waals surface area contributed by atoms with Crippen LogP contribution in [0, 0.1) is 11.8 Å². The Kier molecular flexibility index (Phi) is 5.91. The molecule has 0 bridgehead atoms. The molecule has 0 aromatic heterocycles. The molecule has 0 spiro atoms. The fraction of sp³-hybridized carbons (Fsp3) is 0.545. The molecule has 0 heterocycles. The molecular weight excluding hydrogens is 337 g/mol. The first-order valence-electron chi connectivity index (χ1n) is 9.63. The lowest BCUT2D eigenvalue weighted by Crippen LogP contribution is -2.45. The molecule has 4 heteroatoms. The van der Waals surface area contributed by atoms with E-state index in [1.54, 1.807) is 6.08 Å². The van der Waals surface area contributed by atoms with Gasteiger partial charge < -0.3 is 0 Å². The topological polar surface area (TPSA) is 9.23 Å².